The van der Waals surface area contributed by atoms with Crippen LogP contribution in [0.15, 0.2) is 71.6 Å². The largest absolute Gasteiger partial charge is 0.497 e. The average molecular weight is 596 g/mol. The number of methoxy groups -OCH3 is 2. The summed E-state index contributed by atoms with van der Waals surface area (Å²) in [5.41, 5.74) is 0.819. The quantitative estimate of drug-likeness (QED) is 0.331. The van der Waals surface area contributed by atoms with Crippen LogP contribution < -0.4 is 20.1 Å². The highest BCUT2D eigenvalue weighted by Gasteiger charge is 2.27. The summed E-state index contributed by atoms with van der Waals surface area (Å²) in [5.74, 6) is -1.34. The van der Waals surface area contributed by atoms with Crippen LogP contribution in [-0.4, -0.2) is 64.4 Å². The lowest BCUT2D eigenvalue weighted by molar-refractivity contribution is -0.119. The summed E-state index contributed by atoms with van der Waals surface area (Å²) in [5, 5.41) is 5.34. The second-order valence-electron chi connectivity index (χ2n) is 9.53. The van der Waals surface area contributed by atoms with Gasteiger partial charge in [0.1, 0.15) is 17.1 Å². The van der Waals surface area contributed by atoms with Gasteiger partial charge in [0.25, 0.3) is 11.8 Å². The Morgan fingerprint density at radius 3 is 2.17 bits per heavy atom. The first kappa shape index (κ1) is 30.5. The molecule has 4 rings (SSSR count). The summed E-state index contributed by atoms with van der Waals surface area (Å²) in [6, 6.07) is 17.1. The van der Waals surface area contributed by atoms with Gasteiger partial charge in [0.15, 0.2) is 6.61 Å². The molecule has 1 aliphatic rings. The number of carbonyl (C=O) groups is 3. The molecule has 3 aromatic carbocycles. The number of hydrogen-bond donors (Lipinski definition) is 2. The molecule has 0 aromatic heterocycles. The predicted molar refractivity (Wildman–Crippen MR) is 157 cm³/mol. The van der Waals surface area contributed by atoms with Crippen LogP contribution in [0.4, 0.5) is 11.4 Å². The fourth-order valence-corrected chi connectivity index (χ4v) is 6.04. The molecule has 0 aliphatic carbocycles. The molecule has 0 unspecified atom stereocenters. The van der Waals surface area contributed by atoms with Crippen molar-refractivity contribution in [2.24, 2.45) is 0 Å². The van der Waals surface area contributed by atoms with Crippen molar-refractivity contribution in [3.63, 3.8) is 0 Å². The van der Waals surface area contributed by atoms with Crippen molar-refractivity contribution >= 4 is 39.2 Å². The molecule has 0 bridgehead atoms. The van der Waals surface area contributed by atoms with Gasteiger partial charge in [0, 0.05) is 18.8 Å². The molecule has 2 N–H and O–H groups in total. The Morgan fingerprint density at radius 1 is 0.810 bits per heavy atom. The number of anilines is 2. The van der Waals surface area contributed by atoms with Gasteiger partial charge in [-0.15, -0.1) is 0 Å². The molecule has 222 valence electrons. The molecule has 0 atom stereocenters. The SMILES string of the molecule is COc1ccc(NC(=O)c2ccccc2NC(=O)COC(=O)c2cc(S(=O)(=O)N3CCCCCC3)ccc2OC)cc1. The van der Waals surface area contributed by atoms with Crippen molar-refractivity contribution in [3.05, 3.63) is 77.9 Å². The minimum absolute atomic E-state index is 0.0570. The van der Waals surface area contributed by atoms with E-state index in [1.54, 1.807) is 55.6 Å². The van der Waals surface area contributed by atoms with Crippen LogP contribution in [0, 0.1) is 0 Å². The number of rotatable bonds is 10. The van der Waals surface area contributed by atoms with E-state index in [0.717, 1.165) is 25.7 Å². The number of amides is 2. The van der Waals surface area contributed by atoms with Crippen LogP contribution >= 0.6 is 0 Å². The molecule has 0 saturated carbocycles. The molecule has 3 aromatic rings. The third kappa shape index (κ3) is 7.45. The summed E-state index contributed by atoms with van der Waals surface area (Å²) in [6.45, 7) is 0.140. The highest BCUT2D eigenvalue weighted by atomic mass is 32.2. The Kier molecular flexibility index (Phi) is 10.2. The van der Waals surface area contributed by atoms with Crippen molar-refractivity contribution < 1.29 is 37.0 Å². The molecule has 1 fully saturated rings. The number of nitrogens with zero attached hydrogens (tertiary/aromatic N) is 1. The van der Waals surface area contributed by atoms with E-state index in [-0.39, 0.29) is 27.5 Å². The zero-order valence-electron chi connectivity index (χ0n) is 23.4. The fraction of sp³-hybridized carbons (Fsp3) is 0.300. The van der Waals surface area contributed by atoms with Crippen LogP contribution in [0.1, 0.15) is 46.4 Å². The number of sulfonamides is 1. The Morgan fingerprint density at radius 2 is 1.50 bits per heavy atom. The van der Waals surface area contributed by atoms with E-state index < -0.39 is 34.4 Å². The van der Waals surface area contributed by atoms with Gasteiger partial charge < -0.3 is 24.8 Å². The molecule has 11 nitrogen and oxygen atoms in total. The summed E-state index contributed by atoms with van der Waals surface area (Å²) in [7, 11) is -0.947. The Bertz CT molecular complexity index is 1530. The monoisotopic (exact) mass is 595 g/mol. The maximum absolute atomic E-state index is 13.2. The average Bonchev–Trinajstić information content (AvgIpc) is 3.31. The van der Waals surface area contributed by atoms with Crippen LogP contribution in [-0.2, 0) is 19.6 Å². The van der Waals surface area contributed by atoms with Crippen molar-refractivity contribution in [3.8, 4) is 11.5 Å². The molecular weight excluding hydrogens is 562 g/mol. The third-order valence-electron chi connectivity index (χ3n) is 6.72. The van der Waals surface area contributed by atoms with Gasteiger partial charge in [-0.3, -0.25) is 9.59 Å². The second-order valence-corrected chi connectivity index (χ2v) is 11.5. The van der Waals surface area contributed by atoms with Gasteiger partial charge in [0.2, 0.25) is 10.0 Å². The number of carbonyl (C=O) groups excluding carboxylic acids is 3. The van der Waals surface area contributed by atoms with E-state index in [2.05, 4.69) is 10.6 Å². The highest BCUT2D eigenvalue weighted by molar-refractivity contribution is 7.89. The van der Waals surface area contributed by atoms with Crippen LogP contribution in [0.3, 0.4) is 0 Å². The minimum Gasteiger partial charge on any atom is -0.497 e. The first-order valence-electron chi connectivity index (χ1n) is 13.4. The Balaban J connectivity index is 1.42. The molecule has 1 heterocycles. The van der Waals surface area contributed by atoms with Gasteiger partial charge >= 0.3 is 5.97 Å². The second kappa shape index (κ2) is 14.0. The molecule has 0 radical (unpaired) electrons. The minimum atomic E-state index is -3.83. The van der Waals surface area contributed by atoms with Crippen molar-refractivity contribution in [2.45, 2.75) is 30.6 Å². The molecule has 2 amide bonds. The molecule has 42 heavy (non-hydrogen) atoms. The predicted octanol–water partition coefficient (Wildman–Crippen LogP) is 4.32. The lowest BCUT2D eigenvalue weighted by Gasteiger charge is -2.20. The van der Waals surface area contributed by atoms with Gasteiger partial charge in [0.05, 0.1) is 30.4 Å². The van der Waals surface area contributed by atoms with Gasteiger partial charge in [-0.1, -0.05) is 25.0 Å². The van der Waals surface area contributed by atoms with Crippen LogP contribution in [0.2, 0.25) is 0 Å². The van der Waals surface area contributed by atoms with Gasteiger partial charge in [-0.25, -0.2) is 13.2 Å². The molecular formula is C30H33N3O8S. The zero-order chi connectivity index (χ0) is 30.1. The number of para-hydroxylation sites is 1. The molecule has 12 heteroatoms. The van der Waals surface area contributed by atoms with Crippen molar-refractivity contribution in [1.29, 1.82) is 0 Å². The Hall–Kier alpha value is -4.42. The smallest absolute Gasteiger partial charge is 0.342 e. The normalized spacial score (nSPS) is 13.9. The highest BCUT2D eigenvalue weighted by Crippen LogP contribution is 2.27. The van der Waals surface area contributed by atoms with Crippen molar-refractivity contribution in [1.82, 2.24) is 4.31 Å². The zero-order valence-corrected chi connectivity index (χ0v) is 24.2. The number of hydrogen-bond acceptors (Lipinski definition) is 8. The van der Waals surface area contributed by atoms with Crippen LogP contribution in [0.5, 0.6) is 11.5 Å². The fourth-order valence-electron chi connectivity index (χ4n) is 4.50. The van der Waals surface area contributed by atoms with E-state index >= 15 is 0 Å². The first-order chi connectivity index (χ1) is 20.2. The van der Waals surface area contributed by atoms with E-state index in [4.69, 9.17) is 14.2 Å². The van der Waals surface area contributed by atoms with E-state index in [1.165, 1.54) is 29.6 Å². The molecule has 0 spiro atoms. The maximum Gasteiger partial charge on any atom is 0.342 e. The third-order valence-corrected chi connectivity index (χ3v) is 8.62. The lowest BCUT2D eigenvalue weighted by Crippen LogP contribution is -2.32. The van der Waals surface area contributed by atoms with Crippen molar-refractivity contribution in [2.75, 3.05) is 44.5 Å². The van der Waals surface area contributed by atoms with Gasteiger partial charge in [-0.2, -0.15) is 4.31 Å². The van der Waals surface area contributed by atoms with Crippen LogP contribution in [0.25, 0.3) is 0 Å². The summed E-state index contributed by atoms with van der Waals surface area (Å²) >= 11 is 0. The summed E-state index contributed by atoms with van der Waals surface area (Å²) in [4.78, 5) is 38.5. The maximum atomic E-state index is 13.2. The first-order valence-corrected chi connectivity index (χ1v) is 14.9. The topological polar surface area (TPSA) is 140 Å². The molecule has 1 aliphatic heterocycles. The van der Waals surface area contributed by atoms with E-state index in [1.807, 2.05) is 0 Å². The summed E-state index contributed by atoms with van der Waals surface area (Å²) in [6.07, 6.45) is 3.47. The van der Waals surface area contributed by atoms with E-state index in [9.17, 15) is 22.8 Å². The summed E-state index contributed by atoms with van der Waals surface area (Å²) < 4.78 is 43.5. The number of nitrogens with one attached hydrogen (secondary N) is 2. The standard InChI is InChI=1S/C30H33N3O8S/c1-39-22-13-11-21(12-14-22)31-29(35)24-9-5-6-10-26(24)32-28(34)20-41-30(36)25-19-23(15-16-27(25)40-2)42(37,38)33-17-7-3-4-8-18-33/h5-6,9-16,19H,3-4,7-8,17-18,20H2,1-2H3,(H,31,35)(H,32,34). The number of benzene rings is 3. The number of ether oxygens (including phenoxy) is 3. The molecule has 1 saturated heterocycles. The Labute approximate surface area is 244 Å². The lowest BCUT2D eigenvalue weighted by atomic mass is 10.1. The van der Waals surface area contributed by atoms with Gasteiger partial charge in [-0.05, 0) is 67.4 Å². The van der Waals surface area contributed by atoms with E-state index in [0.29, 0.717) is 24.5 Å². The number of esters is 1.